The third-order valence-corrected chi connectivity index (χ3v) is 1.50. The molecule has 0 atom stereocenters. The predicted molar refractivity (Wildman–Crippen MR) is 56.1 cm³/mol. The largest absolute Gasteiger partial charge is 0.999 e. The van der Waals surface area contributed by atoms with Gasteiger partial charge in [-0.3, -0.25) is 4.90 Å². The monoisotopic (exact) mass is 266 g/mol. The Labute approximate surface area is 107 Å². The Bertz CT molecular complexity index is 205. The molecule has 14 heavy (non-hydrogen) atoms. The van der Waals surface area contributed by atoms with Gasteiger partial charge in [-0.2, -0.15) is 0 Å². The van der Waals surface area contributed by atoms with Gasteiger partial charge in [-0.15, -0.1) is 0 Å². The molecule has 0 aliphatic carbocycles. The molecule has 0 aliphatic heterocycles. The smallest absolute Gasteiger partial charge is 0 e. The third kappa shape index (κ3) is 17.9. The van der Waals surface area contributed by atoms with E-state index in [-0.39, 0.29) is 17.1 Å². The van der Waals surface area contributed by atoms with Crippen LogP contribution in [0.4, 0.5) is 0 Å². The Hall–Kier alpha value is 0.00948. The summed E-state index contributed by atoms with van der Waals surface area (Å²) in [7, 11) is 3.71. The summed E-state index contributed by atoms with van der Waals surface area (Å²) >= 11 is 8.46. The van der Waals surface area contributed by atoms with Crippen LogP contribution in [-0.2, 0) is 46.6 Å². The van der Waals surface area contributed by atoms with Crippen LogP contribution in [0.5, 0.6) is 0 Å². The molecule has 0 aromatic heterocycles. The van der Waals surface area contributed by atoms with E-state index >= 15 is 0 Å². The van der Waals surface area contributed by atoms with Crippen molar-refractivity contribution in [1.82, 2.24) is 4.90 Å². The number of nitrogens with zero attached hydrogens (tertiary/aromatic N) is 1. The minimum absolute atomic E-state index is 0. The molecular formula is C9H8FeNOS2-5. The van der Waals surface area contributed by atoms with E-state index in [1.807, 2.05) is 14.1 Å². The maximum absolute atomic E-state index is 7.50. The van der Waals surface area contributed by atoms with Crippen molar-refractivity contribution >= 4 is 29.2 Å². The van der Waals surface area contributed by atoms with Crippen molar-refractivity contribution < 1.29 is 21.7 Å². The predicted octanol–water partition coefficient (Wildman–Crippen LogP) is 0.0278. The molecule has 1 rings (SSSR count). The Morgan fingerprint density at radius 2 is 1.64 bits per heavy atom. The first kappa shape index (κ1) is 19.6. The Kier molecular flexibility index (Phi) is 21.6. The Morgan fingerprint density at radius 3 is 1.71 bits per heavy atom. The SMILES string of the molecule is CN(C)C([S-])=[SH+].[C-]#[O+].[Fe].[c-]1[c-][c-][cH-][c-]1. The fourth-order valence-corrected chi connectivity index (χ4v) is 0.180. The molecule has 5 heteroatoms. The van der Waals surface area contributed by atoms with Crippen LogP contribution in [0.25, 0.3) is 0 Å². The number of rotatable bonds is 0. The van der Waals surface area contributed by atoms with E-state index in [9.17, 15) is 0 Å². The van der Waals surface area contributed by atoms with E-state index in [4.69, 9.17) is 4.65 Å². The van der Waals surface area contributed by atoms with Gasteiger partial charge in [0.15, 0.2) is 0 Å². The van der Waals surface area contributed by atoms with Gasteiger partial charge in [0, 0.05) is 17.1 Å². The normalized spacial score (nSPS) is 7.00. The summed E-state index contributed by atoms with van der Waals surface area (Å²) in [5.41, 5.74) is 0. The number of thiol groups is 1. The summed E-state index contributed by atoms with van der Waals surface area (Å²) < 4.78 is 8.12. The van der Waals surface area contributed by atoms with Crippen molar-refractivity contribution in [2.24, 2.45) is 0 Å². The zero-order valence-electron chi connectivity index (χ0n) is 7.64. The molecule has 80 valence electrons. The average Bonchev–Trinajstić information content (AvgIpc) is 2.64. The molecule has 0 heterocycles. The third-order valence-electron chi connectivity index (χ3n) is 0.734. The van der Waals surface area contributed by atoms with Crippen molar-refractivity contribution in [1.29, 1.82) is 0 Å². The van der Waals surface area contributed by atoms with Crippen LogP contribution >= 0.6 is 0 Å². The molecule has 0 unspecified atom stereocenters. The van der Waals surface area contributed by atoms with Gasteiger partial charge in [0.25, 0.3) is 0 Å². The summed E-state index contributed by atoms with van der Waals surface area (Å²) in [5, 5.41) is 0. The topological polar surface area (TPSA) is 23.1 Å². The van der Waals surface area contributed by atoms with E-state index in [1.54, 1.807) is 11.0 Å². The van der Waals surface area contributed by atoms with Crippen LogP contribution in [0.1, 0.15) is 0 Å². The maximum atomic E-state index is 7.50. The standard InChI is InChI=1S/C5H.C3H7NS2.CO.Fe/c1-2-4-5-3-1;1-4(2)3(5)6;1-2;/h1H;1-2H3,(H,5,6);;/q-5;;;. The Morgan fingerprint density at radius 1 is 1.36 bits per heavy atom. The van der Waals surface area contributed by atoms with E-state index in [0.29, 0.717) is 4.32 Å². The van der Waals surface area contributed by atoms with Gasteiger partial charge in [0.2, 0.25) is 0 Å². The van der Waals surface area contributed by atoms with Crippen LogP contribution in [-0.4, -0.2) is 23.3 Å². The fourth-order valence-electron chi connectivity index (χ4n) is 0.180. The average molecular weight is 266 g/mol. The first-order valence-corrected chi connectivity index (χ1v) is 3.93. The molecule has 0 saturated carbocycles. The number of hydrogen-bond donors (Lipinski definition) is 0. The first-order valence-electron chi connectivity index (χ1n) is 3.08. The maximum Gasteiger partial charge on any atom is 0 e. The van der Waals surface area contributed by atoms with Gasteiger partial charge in [0.1, 0.15) is 16.5 Å². The van der Waals surface area contributed by atoms with Crippen LogP contribution in [0.15, 0.2) is 6.07 Å². The van der Waals surface area contributed by atoms with Crippen molar-refractivity contribution in [2.45, 2.75) is 0 Å². The molecule has 1 aromatic carbocycles. The van der Waals surface area contributed by atoms with E-state index in [0.717, 1.165) is 0 Å². The molecule has 0 amide bonds. The summed E-state index contributed by atoms with van der Waals surface area (Å²) in [4.78, 5) is 1.76. The fraction of sp³-hybridized carbons (Fsp3) is 0.222. The van der Waals surface area contributed by atoms with Crippen LogP contribution in [0, 0.1) is 30.9 Å². The van der Waals surface area contributed by atoms with Crippen molar-refractivity contribution in [2.75, 3.05) is 14.1 Å². The van der Waals surface area contributed by atoms with Gasteiger partial charge >= 0.3 is 11.3 Å². The molecule has 0 N–H and O–H groups in total. The minimum Gasteiger partial charge on any atom is -0.999 e. The van der Waals surface area contributed by atoms with Crippen LogP contribution < -0.4 is 0 Å². The Balaban J connectivity index is -0.000000139. The zero-order valence-corrected chi connectivity index (χ0v) is 10.5. The van der Waals surface area contributed by atoms with Gasteiger partial charge in [0.05, 0.1) is 0 Å². The second-order valence-electron chi connectivity index (χ2n) is 1.86. The quantitative estimate of drug-likeness (QED) is 0.165. The van der Waals surface area contributed by atoms with Gasteiger partial charge in [-0.25, -0.2) is 0 Å². The molecular weight excluding hydrogens is 258 g/mol. The van der Waals surface area contributed by atoms with Gasteiger partial charge in [-0.05, 0) is 14.1 Å². The van der Waals surface area contributed by atoms with Crippen molar-refractivity contribution in [3.63, 3.8) is 0 Å². The molecule has 0 fully saturated rings. The van der Waals surface area contributed by atoms with E-state index in [1.165, 1.54) is 0 Å². The molecule has 0 saturated heterocycles. The van der Waals surface area contributed by atoms with E-state index < -0.39 is 0 Å². The van der Waals surface area contributed by atoms with Crippen LogP contribution in [0.2, 0.25) is 0 Å². The molecule has 2 nitrogen and oxygen atoms in total. The van der Waals surface area contributed by atoms with Crippen LogP contribution in [0.3, 0.4) is 0 Å². The second-order valence-corrected chi connectivity index (χ2v) is 2.97. The van der Waals surface area contributed by atoms with Gasteiger partial charge < -0.3 is 43.0 Å². The minimum atomic E-state index is 0. The van der Waals surface area contributed by atoms with E-state index in [2.05, 4.69) is 55.8 Å². The zero-order chi connectivity index (χ0) is 10.7. The summed E-state index contributed by atoms with van der Waals surface area (Å²) in [6, 6.07) is 12.0. The molecule has 0 bridgehead atoms. The molecule has 1 aromatic rings. The summed E-state index contributed by atoms with van der Waals surface area (Å²) in [6.07, 6.45) is 0. The second kappa shape index (κ2) is 15.5. The van der Waals surface area contributed by atoms with Crippen molar-refractivity contribution in [3.8, 4) is 0 Å². The summed E-state index contributed by atoms with van der Waals surface area (Å²) in [6.45, 7) is 4.50. The molecule has 0 radical (unpaired) electrons. The molecule has 0 aliphatic rings. The number of hydrogen-bond acceptors (Lipinski definition) is 1. The van der Waals surface area contributed by atoms with Gasteiger partial charge in [-0.1, -0.05) is 0 Å². The molecule has 0 spiro atoms. The first-order chi connectivity index (χ1) is 6.14. The van der Waals surface area contributed by atoms with Crippen molar-refractivity contribution in [3.05, 3.63) is 37.0 Å². The summed E-state index contributed by atoms with van der Waals surface area (Å²) in [5.74, 6) is 0.